The second-order valence-electron chi connectivity index (χ2n) is 5.34. The summed E-state index contributed by atoms with van der Waals surface area (Å²) in [5.74, 6) is -0.0175. The summed E-state index contributed by atoms with van der Waals surface area (Å²) in [6, 6.07) is 3.74. The lowest BCUT2D eigenvalue weighted by Gasteiger charge is -2.31. The first-order chi connectivity index (χ1) is 9.77. The van der Waals surface area contributed by atoms with Gasteiger partial charge in [0.25, 0.3) is 0 Å². The van der Waals surface area contributed by atoms with Gasteiger partial charge in [0, 0.05) is 30.9 Å². The van der Waals surface area contributed by atoms with Crippen LogP contribution in [0.3, 0.4) is 0 Å². The van der Waals surface area contributed by atoms with Crippen LogP contribution in [0.25, 0.3) is 0 Å². The minimum Gasteiger partial charge on any atom is -0.340 e. The second-order valence-corrected chi connectivity index (χ2v) is 9.12. The van der Waals surface area contributed by atoms with E-state index in [-0.39, 0.29) is 11.8 Å². The molecule has 21 heavy (non-hydrogen) atoms. The minimum atomic E-state index is -3.15. The Morgan fingerprint density at radius 2 is 2.05 bits per heavy atom. The van der Waals surface area contributed by atoms with E-state index in [9.17, 15) is 13.2 Å². The van der Waals surface area contributed by atoms with Gasteiger partial charge in [0.2, 0.25) is 15.9 Å². The van der Waals surface area contributed by atoms with Gasteiger partial charge < -0.3 is 4.90 Å². The van der Waals surface area contributed by atoms with E-state index in [1.165, 1.54) is 21.9 Å². The Morgan fingerprint density at radius 3 is 2.52 bits per heavy atom. The molecule has 0 saturated carbocycles. The van der Waals surface area contributed by atoms with Gasteiger partial charge in [0.05, 0.1) is 17.1 Å². The number of sulfonamides is 1. The first kappa shape index (κ1) is 16.7. The van der Waals surface area contributed by atoms with E-state index < -0.39 is 10.0 Å². The van der Waals surface area contributed by atoms with Crippen LogP contribution >= 0.6 is 22.9 Å². The maximum atomic E-state index is 12.4. The lowest BCUT2D eigenvalue weighted by Crippen LogP contribution is -2.42. The molecular weight excluding hydrogens is 332 g/mol. The number of carbonyl (C=O) groups is 1. The molecule has 0 unspecified atom stereocenters. The molecule has 0 N–H and O–H groups in total. The van der Waals surface area contributed by atoms with Gasteiger partial charge in [-0.3, -0.25) is 4.79 Å². The van der Waals surface area contributed by atoms with E-state index >= 15 is 0 Å². The van der Waals surface area contributed by atoms with E-state index in [1.54, 1.807) is 11.9 Å². The minimum absolute atomic E-state index is 0.0765. The van der Waals surface area contributed by atoms with E-state index in [1.807, 2.05) is 12.1 Å². The highest BCUT2D eigenvalue weighted by atomic mass is 35.5. The van der Waals surface area contributed by atoms with Crippen molar-refractivity contribution in [2.75, 3.05) is 26.4 Å². The summed E-state index contributed by atoms with van der Waals surface area (Å²) in [5.41, 5.74) is 0. The lowest BCUT2D eigenvalue weighted by molar-refractivity contribution is -0.135. The molecule has 5 nitrogen and oxygen atoms in total. The van der Waals surface area contributed by atoms with Crippen molar-refractivity contribution in [1.29, 1.82) is 0 Å². The maximum Gasteiger partial charge on any atom is 0.225 e. The first-order valence-electron chi connectivity index (χ1n) is 6.71. The van der Waals surface area contributed by atoms with Gasteiger partial charge in [-0.1, -0.05) is 11.6 Å². The smallest absolute Gasteiger partial charge is 0.225 e. The average molecular weight is 351 g/mol. The van der Waals surface area contributed by atoms with Crippen molar-refractivity contribution in [3.63, 3.8) is 0 Å². The maximum absolute atomic E-state index is 12.4. The molecule has 0 aromatic carbocycles. The second kappa shape index (κ2) is 6.64. The zero-order valence-electron chi connectivity index (χ0n) is 12.1. The summed E-state index contributed by atoms with van der Waals surface area (Å²) in [4.78, 5) is 15.1. The molecule has 0 atom stereocenters. The van der Waals surface area contributed by atoms with E-state index in [2.05, 4.69) is 0 Å². The zero-order valence-corrected chi connectivity index (χ0v) is 14.5. The van der Waals surface area contributed by atoms with Crippen LogP contribution in [0, 0.1) is 5.92 Å². The van der Waals surface area contributed by atoms with Gasteiger partial charge in [-0.25, -0.2) is 12.7 Å². The van der Waals surface area contributed by atoms with Crippen molar-refractivity contribution < 1.29 is 13.2 Å². The number of carbonyl (C=O) groups excluding carboxylic acids is 1. The van der Waals surface area contributed by atoms with Crippen LogP contribution in [0.4, 0.5) is 0 Å². The van der Waals surface area contributed by atoms with Gasteiger partial charge in [-0.2, -0.15) is 0 Å². The number of halogens is 1. The van der Waals surface area contributed by atoms with Crippen LogP contribution in [0.2, 0.25) is 4.34 Å². The Kier molecular flexibility index (Phi) is 5.29. The molecule has 1 aliphatic rings. The van der Waals surface area contributed by atoms with Crippen molar-refractivity contribution in [3.8, 4) is 0 Å². The molecule has 1 aliphatic heterocycles. The molecule has 0 aliphatic carbocycles. The normalized spacial score (nSPS) is 17.9. The molecule has 2 heterocycles. The Balaban J connectivity index is 1.89. The Hall–Kier alpha value is -0.630. The molecule has 0 bridgehead atoms. The van der Waals surface area contributed by atoms with E-state index in [4.69, 9.17) is 11.6 Å². The average Bonchev–Trinajstić information content (AvgIpc) is 2.82. The van der Waals surface area contributed by atoms with Gasteiger partial charge in [0.15, 0.2) is 0 Å². The highest BCUT2D eigenvalue weighted by Gasteiger charge is 2.30. The van der Waals surface area contributed by atoms with Gasteiger partial charge in [0.1, 0.15) is 0 Å². The van der Waals surface area contributed by atoms with Crippen LogP contribution in [0.15, 0.2) is 12.1 Å². The molecule has 8 heteroatoms. The number of nitrogens with zero attached hydrogens (tertiary/aromatic N) is 2. The summed E-state index contributed by atoms with van der Waals surface area (Å²) in [7, 11) is -1.37. The third-order valence-electron chi connectivity index (χ3n) is 3.67. The van der Waals surface area contributed by atoms with Crippen LogP contribution in [-0.4, -0.2) is 49.9 Å². The number of thiophene rings is 1. The largest absolute Gasteiger partial charge is 0.340 e. The first-order valence-corrected chi connectivity index (χ1v) is 9.76. The highest BCUT2D eigenvalue weighted by molar-refractivity contribution is 7.88. The fourth-order valence-corrected chi connectivity index (χ4v) is 4.51. The number of rotatable bonds is 4. The van der Waals surface area contributed by atoms with Crippen molar-refractivity contribution >= 4 is 38.9 Å². The number of hydrogen-bond donors (Lipinski definition) is 0. The Labute approximate surface area is 134 Å². The summed E-state index contributed by atoms with van der Waals surface area (Å²) < 4.78 is 25.1. The summed E-state index contributed by atoms with van der Waals surface area (Å²) in [5, 5.41) is 0. The molecule has 1 fully saturated rings. The van der Waals surface area contributed by atoms with Gasteiger partial charge in [-0.05, 0) is 25.0 Å². The summed E-state index contributed by atoms with van der Waals surface area (Å²) in [6.45, 7) is 1.39. The van der Waals surface area contributed by atoms with Crippen LogP contribution < -0.4 is 0 Å². The SMILES string of the molecule is CN(Cc1ccc(Cl)s1)C(=O)C1CCN(S(C)(=O)=O)CC1. The highest BCUT2D eigenvalue weighted by Crippen LogP contribution is 2.25. The van der Waals surface area contributed by atoms with Crippen molar-refractivity contribution in [2.24, 2.45) is 5.92 Å². The van der Waals surface area contributed by atoms with E-state index in [0.717, 1.165) is 4.88 Å². The van der Waals surface area contributed by atoms with Crippen molar-refractivity contribution in [3.05, 3.63) is 21.3 Å². The quantitative estimate of drug-likeness (QED) is 0.834. The molecule has 0 radical (unpaired) electrons. The van der Waals surface area contributed by atoms with Gasteiger partial charge in [-0.15, -0.1) is 11.3 Å². The monoisotopic (exact) mass is 350 g/mol. The van der Waals surface area contributed by atoms with Crippen LogP contribution in [0.5, 0.6) is 0 Å². The molecule has 118 valence electrons. The predicted molar refractivity (Wildman–Crippen MR) is 84.9 cm³/mol. The third kappa shape index (κ3) is 4.42. The topological polar surface area (TPSA) is 57.7 Å². The molecule has 1 aromatic rings. The predicted octanol–water partition coefficient (Wildman–Crippen LogP) is 2.03. The van der Waals surface area contributed by atoms with Crippen molar-refractivity contribution in [2.45, 2.75) is 19.4 Å². The third-order valence-corrected chi connectivity index (χ3v) is 6.19. The number of amides is 1. The van der Waals surface area contributed by atoms with Gasteiger partial charge >= 0.3 is 0 Å². The number of piperidine rings is 1. The molecule has 1 amide bonds. The number of hydrogen-bond acceptors (Lipinski definition) is 4. The molecule has 1 aromatic heterocycles. The molecule has 2 rings (SSSR count). The molecule has 1 saturated heterocycles. The summed E-state index contributed by atoms with van der Waals surface area (Å²) >= 11 is 7.35. The fraction of sp³-hybridized carbons (Fsp3) is 0.615. The van der Waals surface area contributed by atoms with Crippen molar-refractivity contribution in [1.82, 2.24) is 9.21 Å². The fourth-order valence-electron chi connectivity index (χ4n) is 2.49. The lowest BCUT2D eigenvalue weighted by atomic mass is 9.96. The van der Waals surface area contributed by atoms with E-state index in [0.29, 0.717) is 36.8 Å². The molecular formula is C13H19ClN2O3S2. The van der Waals surface area contributed by atoms with Crippen LogP contribution in [-0.2, 0) is 21.4 Å². The van der Waals surface area contributed by atoms with Crippen LogP contribution in [0.1, 0.15) is 17.7 Å². The molecule has 0 spiro atoms. The Morgan fingerprint density at radius 1 is 1.43 bits per heavy atom. The standard InChI is InChI=1S/C13H19ClN2O3S2/c1-15(9-11-3-4-12(14)20-11)13(17)10-5-7-16(8-6-10)21(2,18)19/h3-4,10H,5-9H2,1-2H3. The zero-order chi connectivity index (χ0) is 15.6. The Bertz CT molecular complexity index is 607. The summed E-state index contributed by atoms with van der Waals surface area (Å²) in [6.07, 6.45) is 2.38.